The minimum atomic E-state index is -0.337. The van der Waals surface area contributed by atoms with Gasteiger partial charge in [-0.25, -0.2) is 9.37 Å². The van der Waals surface area contributed by atoms with Crippen molar-refractivity contribution in [3.63, 3.8) is 0 Å². The van der Waals surface area contributed by atoms with Crippen molar-refractivity contribution in [2.75, 3.05) is 7.11 Å². The number of benzene rings is 1. The second-order valence-electron chi connectivity index (χ2n) is 5.38. The van der Waals surface area contributed by atoms with Gasteiger partial charge in [-0.3, -0.25) is 0 Å². The van der Waals surface area contributed by atoms with E-state index in [1.165, 1.54) is 13.2 Å². The second-order valence-corrected chi connectivity index (χ2v) is 5.38. The number of imidazole rings is 1. The van der Waals surface area contributed by atoms with Gasteiger partial charge in [0.1, 0.15) is 0 Å². The van der Waals surface area contributed by atoms with Crippen LogP contribution in [-0.2, 0) is 6.54 Å². The highest BCUT2D eigenvalue weighted by Crippen LogP contribution is 2.22. The lowest BCUT2D eigenvalue weighted by molar-refractivity contribution is 0.385. The summed E-state index contributed by atoms with van der Waals surface area (Å²) in [5, 5.41) is 3.39. The Morgan fingerprint density at radius 3 is 2.71 bits per heavy atom. The van der Waals surface area contributed by atoms with E-state index in [2.05, 4.69) is 28.7 Å². The number of hydrogen-bond donors (Lipinski definition) is 1. The van der Waals surface area contributed by atoms with E-state index in [0.717, 1.165) is 11.3 Å². The molecule has 0 radical (unpaired) electrons. The molecule has 0 aliphatic rings. The van der Waals surface area contributed by atoms with Gasteiger partial charge in [-0.05, 0) is 38.5 Å². The van der Waals surface area contributed by atoms with Crippen LogP contribution in [0.1, 0.15) is 44.1 Å². The van der Waals surface area contributed by atoms with Crippen LogP contribution in [0.15, 0.2) is 30.7 Å². The Kier molecular flexibility index (Phi) is 4.96. The fraction of sp³-hybridized carbons (Fsp3) is 0.438. The summed E-state index contributed by atoms with van der Waals surface area (Å²) in [5.41, 5.74) is 2.01. The van der Waals surface area contributed by atoms with Crippen LogP contribution in [-0.4, -0.2) is 16.7 Å². The molecule has 1 N–H and O–H groups in total. The molecule has 1 unspecified atom stereocenters. The van der Waals surface area contributed by atoms with Gasteiger partial charge in [0, 0.05) is 24.8 Å². The number of halogens is 1. The van der Waals surface area contributed by atoms with E-state index in [1.54, 1.807) is 6.07 Å². The number of ether oxygens (including phenoxy) is 1. The van der Waals surface area contributed by atoms with Gasteiger partial charge in [0.15, 0.2) is 11.6 Å². The predicted octanol–water partition coefficient (Wildman–Crippen LogP) is 3.46. The van der Waals surface area contributed by atoms with Crippen molar-refractivity contribution in [2.45, 2.75) is 39.4 Å². The molecule has 21 heavy (non-hydrogen) atoms. The van der Waals surface area contributed by atoms with E-state index in [9.17, 15) is 4.39 Å². The van der Waals surface area contributed by atoms with Gasteiger partial charge in [-0.15, -0.1) is 0 Å². The Morgan fingerprint density at radius 2 is 2.10 bits per heavy atom. The minimum Gasteiger partial charge on any atom is -0.494 e. The van der Waals surface area contributed by atoms with E-state index in [-0.39, 0.29) is 17.6 Å². The maximum atomic E-state index is 13.7. The van der Waals surface area contributed by atoms with Crippen molar-refractivity contribution in [3.8, 4) is 5.75 Å². The van der Waals surface area contributed by atoms with Crippen molar-refractivity contribution in [3.05, 3.63) is 47.8 Å². The molecule has 0 aliphatic heterocycles. The molecule has 0 aliphatic carbocycles. The molecule has 2 aromatic rings. The topological polar surface area (TPSA) is 39.1 Å². The van der Waals surface area contributed by atoms with Crippen LogP contribution in [0, 0.1) is 5.82 Å². The molecule has 2 rings (SSSR count). The average Bonchev–Trinajstić information content (AvgIpc) is 2.93. The van der Waals surface area contributed by atoms with Crippen LogP contribution in [0.25, 0.3) is 0 Å². The largest absolute Gasteiger partial charge is 0.494 e. The summed E-state index contributed by atoms with van der Waals surface area (Å²) < 4.78 is 20.8. The molecule has 1 aromatic heterocycles. The summed E-state index contributed by atoms with van der Waals surface area (Å²) in [6, 6.07) is 5.45. The first kappa shape index (κ1) is 15.5. The van der Waals surface area contributed by atoms with Gasteiger partial charge in [0.25, 0.3) is 0 Å². The molecule has 0 bridgehead atoms. The van der Waals surface area contributed by atoms with Crippen molar-refractivity contribution < 1.29 is 9.13 Å². The highest BCUT2D eigenvalue weighted by atomic mass is 19.1. The van der Waals surface area contributed by atoms with Gasteiger partial charge in [0.05, 0.1) is 19.1 Å². The number of methoxy groups -OCH3 is 1. The fourth-order valence-electron chi connectivity index (χ4n) is 2.26. The Balaban J connectivity index is 2.03. The summed E-state index contributed by atoms with van der Waals surface area (Å²) in [7, 11) is 1.47. The summed E-state index contributed by atoms with van der Waals surface area (Å²) in [4.78, 5) is 4.18. The number of nitrogens with one attached hydrogen (secondary N) is 1. The maximum absolute atomic E-state index is 13.7. The standard InChI is InChI=1S/C16H22FN3O/c1-11(2)20-10-18-8-14(20)9-19-12(3)13-5-6-16(21-4)15(17)7-13/h5-8,10-12,19H,9H2,1-4H3. The zero-order valence-electron chi connectivity index (χ0n) is 12.9. The molecule has 4 nitrogen and oxygen atoms in total. The zero-order chi connectivity index (χ0) is 15.4. The smallest absolute Gasteiger partial charge is 0.165 e. The number of rotatable bonds is 6. The second kappa shape index (κ2) is 6.72. The minimum absolute atomic E-state index is 0.0425. The first-order chi connectivity index (χ1) is 10.0. The van der Waals surface area contributed by atoms with Gasteiger partial charge in [0.2, 0.25) is 0 Å². The van der Waals surface area contributed by atoms with Gasteiger partial charge in [-0.1, -0.05) is 6.07 Å². The molecule has 0 spiro atoms. The highest BCUT2D eigenvalue weighted by molar-refractivity contribution is 5.30. The lowest BCUT2D eigenvalue weighted by atomic mass is 10.1. The van der Waals surface area contributed by atoms with Crippen LogP contribution in [0.2, 0.25) is 0 Å². The van der Waals surface area contributed by atoms with E-state index >= 15 is 0 Å². The van der Waals surface area contributed by atoms with Gasteiger partial charge < -0.3 is 14.6 Å². The first-order valence-electron chi connectivity index (χ1n) is 7.10. The fourth-order valence-corrected chi connectivity index (χ4v) is 2.26. The van der Waals surface area contributed by atoms with Crippen molar-refractivity contribution in [2.24, 2.45) is 0 Å². The number of aromatic nitrogens is 2. The van der Waals surface area contributed by atoms with Crippen LogP contribution < -0.4 is 10.1 Å². The normalized spacial score (nSPS) is 12.7. The van der Waals surface area contributed by atoms with Gasteiger partial charge >= 0.3 is 0 Å². The molecule has 0 saturated heterocycles. The molecule has 0 amide bonds. The molecule has 1 heterocycles. The predicted molar refractivity (Wildman–Crippen MR) is 80.8 cm³/mol. The van der Waals surface area contributed by atoms with E-state index in [4.69, 9.17) is 4.74 Å². The third kappa shape index (κ3) is 3.61. The summed E-state index contributed by atoms with van der Waals surface area (Å²) >= 11 is 0. The quantitative estimate of drug-likeness (QED) is 0.886. The Bertz CT molecular complexity index is 595. The van der Waals surface area contributed by atoms with E-state index in [0.29, 0.717) is 12.6 Å². The molecule has 0 saturated carbocycles. The molecule has 0 fully saturated rings. The highest BCUT2D eigenvalue weighted by Gasteiger charge is 2.11. The summed E-state index contributed by atoms with van der Waals surface area (Å²) in [5.74, 6) is -0.0697. The van der Waals surface area contributed by atoms with Crippen molar-refractivity contribution in [1.82, 2.24) is 14.9 Å². The third-order valence-corrected chi connectivity index (χ3v) is 3.57. The Labute approximate surface area is 125 Å². The van der Waals surface area contributed by atoms with Gasteiger partial charge in [-0.2, -0.15) is 0 Å². The lowest BCUT2D eigenvalue weighted by Gasteiger charge is -2.17. The van der Waals surface area contributed by atoms with Crippen LogP contribution in [0.5, 0.6) is 5.75 Å². The molecule has 1 aromatic carbocycles. The van der Waals surface area contributed by atoms with Crippen LogP contribution in [0.4, 0.5) is 4.39 Å². The molecule has 5 heteroatoms. The van der Waals surface area contributed by atoms with E-state index in [1.807, 2.05) is 25.5 Å². The number of nitrogens with zero attached hydrogens (tertiary/aromatic N) is 2. The average molecular weight is 291 g/mol. The van der Waals surface area contributed by atoms with Crippen molar-refractivity contribution in [1.29, 1.82) is 0 Å². The maximum Gasteiger partial charge on any atom is 0.165 e. The Hall–Kier alpha value is -1.88. The molecular weight excluding hydrogens is 269 g/mol. The molecule has 1 atom stereocenters. The SMILES string of the molecule is COc1ccc(C(C)NCc2cncn2C(C)C)cc1F. The summed E-state index contributed by atoms with van der Waals surface area (Å²) in [6.45, 7) is 6.94. The Morgan fingerprint density at radius 1 is 1.33 bits per heavy atom. The molecular formula is C16H22FN3O. The first-order valence-corrected chi connectivity index (χ1v) is 7.10. The zero-order valence-corrected chi connectivity index (χ0v) is 12.9. The van der Waals surface area contributed by atoms with Crippen molar-refractivity contribution >= 4 is 0 Å². The summed E-state index contributed by atoms with van der Waals surface area (Å²) in [6.07, 6.45) is 3.69. The number of hydrogen-bond acceptors (Lipinski definition) is 3. The van der Waals surface area contributed by atoms with Crippen LogP contribution in [0.3, 0.4) is 0 Å². The monoisotopic (exact) mass is 291 g/mol. The van der Waals surface area contributed by atoms with Crippen LogP contribution >= 0.6 is 0 Å². The lowest BCUT2D eigenvalue weighted by Crippen LogP contribution is -2.20. The van der Waals surface area contributed by atoms with E-state index < -0.39 is 0 Å². The third-order valence-electron chi connectivity index (χ3n) is 3.57. The molecule has 114 valence electrons.